The Labute approximate surface area is 193 Å². The van der Waals surface area contributed by atoms with Crippen molar-refractivity contribution < 1.29 is 29.3 Å². The molecular weight excluding hydrogens is 432 g/mol. The molecule has 4 atom stereocenters. The average molecular weight is 469 g/mol. The van der Waals surface area contributed by atoms with Crippen LogP contribution in [0.1, 0.15) is 38.7 Å². The zero-order valence-electron chi connectivity index (χ0n) is 19.0. The van der Waals surface area contributed by atoms with Crippen LogP contribution in [0.2, 0.25) is 0 Å². The Bertz CT molecular complexity index is 782. The van der Waals surface area contributed by atoms with E-state index in [-0.39, 0.29) is 18.3 Å². The Balaban J connectivity index is 0.000000728. The van der Waals surface area contributed by atoms with Gasteiger partial charge in [-0.05, 0) is 42.9 Å². The number of guanidine groups is 1. The van der Waals surface area contributed by atoms with Gasteiger partial charge in [0.25, 0.3) is 0 Å². The third-order valence-corrected chi connectivity index (χ3v) is 4.73. The van der Waals surface area contributed by atoms with Gasteiger partial charge in [-0.3, -0.25) is 14.6 Å². The van der Waals surface area contributed by atoms with E-state index in [1.54, 1.807) is 24.3 Å². The highest BCUT2D eigenvalue weighted by Crippen LogP contribution is 2.15. The molecule has 12 heteroatoms. The topological polar surface area (TPSA) is 243 Å². The van der Waals surface area contributed by atoms with Crippen LogP contribution < -0.4 is 33.4 Å². The molecule has 0 bridgehead atoms. The fourth-order valence-electron chi connectivity index (χ4n) is 2.35. The van der Waals surface area contributed by atoms with E-state index in [0.29, 0.717) is 25.1 Å². The summed E-state index contributed by atoms with van der Waals surface area (Å²) in [5.74, 6) is -2.08. The van der Waals surface area contributed by atoms with Crippen LogP contribution in [0.25, 0.3) is 0 Å². The van der Waals surface area contributed by atoms with Gasteiger partial charge in [-0.2, -0.15) is 0 Å². The highest BCUT2D eigenvalue weighted by Gasteiger charge is 2.21. The van der Waals surface area contributed by atoms with Crippen molar-refractivity contribution in [3.05, 3.63) is 29.8 Å². The minimum atomic E-state index is -1.05. The summed E-state index contributed by atoms with van der Waals surface area (Å²) in [5.41, 5.74) is 27.3. The second-order valence-corrected chi connectivity index (χ2v) is 7.52. The number of hydrogen-bond donors (Lipinski definition) is 7. The third-order valence-electron chi connectivity index (χ3n) is 4.73. The van der Waals surface area contributed by atoms with Crippen LogP contribution in [0.3, 0.4) is 0 Å². The number of esters is 1. The SMILES string of the molecule is CC[C@H](C)[C@H](N)C(=O)Oc1ccc(C[C@H](N)C(=O)O)cc1.NC(N)=NCCC[C@H](N)C(=O)O. The zero-order valence-corrected chi connectivity index (χ0v) is 19.0. The Hall–Kier alpha value is -3.22. The Morgan fingerprint density at radius 1 is 1.00 bits per heavy atom. The number of carbonyl (C=O) groups excluding carboxylic acids is 1. The number of hydrogen-bond acceptors (Lipinski definition) is 8. The molecule has 1 aromatic carbocycles. The maximum atomic E-state index is 11.8. The predicted molar refractivity (Wildman–Crippen MR) is 124 cm³/mol. The molecule has 0 aliphatic carbocycles. The summed E-state index contributed by atoms with van der Waals surface area (Å²) in [4.78, 5) is 36.4. The molecule has 12 N–H and O–H groups in total. The summed E-state index contributed by atoms with van der Waals surface area (Å²) in [6.07, 6.45) is 1.97. The second-order valence-electron chi connectivity index (χ2n) is 7.52. The predicted octanol–water partition coefficient (Wildman–Crippen LogP) is -0.628. The minimum Gasteiger partial charge on any atom is -0.480 e. The monoisotopic (exact) mass is 468 g/mol. The number of nitrogens with zero attached hydrogens (tertiary/aromatic N) is 1. The van der Waals surface area contributed by atoms with Gasteiger partial charge < -0.3 is 43.6 Å². The quantitative estimate of drug-likeness (QED) is 0.0669. The zero-order chi connectivity index (χ0) is 25.6. The molecule has 12 nitrogen and oxygen atoms in total. The van der Waals surface area contributed by atoms with Crippen LogP contribution in [-0.2, 0) is 20.8 Å². The summed E-state index contributed by atoms with van der Waals surface area (Å²) in [6, 6.07) is 4.14. The molecular formula is C21H36N6O6. The molecule has 0 aliphatic heterocycles. The Morgan fingerprint density at radius 2 is 1.55 bits per heavy atom. The molecule has 0 aromatic heterocycles. The van der Waals surface area contributed by atoms with Gasteiger partial charge in [-0.25, -0.2) is 4.79 Å². The highest BCUT2D eigenvalue weighted by atomic mass is 16.5. The van der Waals surface area contributed by atoms with Crippen molar-refractivity contribution >= 4 is 23.9 Å². The molecule has 0 spiro atoms. The Kier molecular flexibility index (Phi) is 14.0. The van der Waals surface area contributed by atoms with Crippen LogP contribution >= 0.6 is 0 Å². The van der Waals surface area contributed by atoms with Crippen molar-refractivity contribution in [1.29, 1.82) is 0 Å². The van der Waals surface area contributed by atoms with Gasteiger partial charge in [0, 0.05) is 6.54 Å². The van der Waals surface area contributed by atoms with Gasteiger partial charge in [0.15, 0.2) is 5.96 Å². The van der Waals surface area contributed by atoms with Gasteiger partial charge in [-0.15, -0.1) is 0 Å². The molecule has 0 fully saturated rings. The van der Waals surface area contributed by atoms with Gasteiger partial charge in [0.2, 0.25) is 0 Å². The van der Waals surface area contributed by atoms with Crippen molar-refractivity contribution in [2.45, 2.75) is 57.7 Å². The lowest BCUT2D eigenvalue weighted by atomic mass is 10.0. The number of aliphatic imine (C=N–C) groups is 1. The number of ether oxygens (including phenoxy) is 1. The lowest BCUT2D eigenvalue weighted by molar-refractivity contribution is -0.139. The van der Waals surface area contributed by atoms with E-state index >= 15 is 0 Å². The molecule has 1 aromatic rings. The van der Waals surface area contributed by atoms with Crippen molar-refractivity contribution in [3.8, 4) is 5.75 Å². The molecule has 0 amide bonds. The number of nitrogens with two attached hydrogens (primary N) is 5. The first-order valence-electron chi connectivity index (χ1n) is 10.5. The Morgan fingerprint density at radius 3 is 2.00 bits per heavy atom. The van der Waals surface area contributed by atoms with E-state index in [4.69, 9.17) is 43.6 Å². The normalized spacial score (nSPS) is 14.0. The van der Waals surface area contributed by atoms with Gasteiger partial charge in [0.1, 0.15) is 23.9 Å². The van der Waals surface area contributed by atoms with Crippen molar-refractivity contribution in [3.63, 3.8) is 0 Å². The molecule has 33 heavy (non-hydrogen) atoms. The largest absolute Gasteiger partial charge is 0.480 e. The standard InChI is InChI=1S/C15H22N2O4.C6H14N4O2/c1-3-9(2)13(17)15(20)21-11-6-4-10(5-7-11)8-12(16)14(18)19;7-4(5(11)12)2-1-3-10-6(8)9/h4-7,9,12-13H,3,8,16-17H2,1-2H3,(H,18,19);4H,1-3,7H2,(H,11,12)(H4,8,9,10)/t9-,12-,13-;4-/m00/s1. The van der Waals surface area contributed by atoms with Crippen molar-refractivity contribution in [2.75, 3.05) is 6.54 Å². The van der Waals surface area contributed by atoms with Crippen LogP contribution in [0.5, 0.6) is 5.75 Å². The molecule has 0 unspecified atom stereocenters. The van der Waals surface area contributed by atoms with Crippen LogP contribution in [-0.4, -0.2) is 58.8 Å². The maximum Gasteiger partial charge on any atom is 0.328 e. The van der Waals surface area contributed by atoms with Gasteiger partial charge in [0.05, 0.1) is 0 Å². The first-order valence-corrected chi connectivity index (χ1v) is 10.5. The van der Waals surface area contributed by atoms with Crippen LogP contribution in [0, 0.1) is 5.92 Å². The number of aliphatic carboxylic acids is 2. The van der Waals surface area contributed by atoms with Gasteiger partial charge >= 0.3 is 17.9 Å². The maximum absolute atomic E-state index is 11.8. The lowest BCUT2D eigenvalue weighted by Crippen LogP contribution is -2.39. The van der Waals surface area contributed by atoms with E-state index in [1.165, 1.54) is 0 Å². The molecule has 0 aliphatic rings. The van der Waals surface area contributed by atoms with Crippen molar-refractivity contribution in [2.24, 2.45) is 39.6 Å². The van der Waals surface area contributed by atoms with Gasteiger partial charge in [-0.1, -0.05) is 32.4 Å². The molecule has 0 radical (unpaired) electrons. The molecule has 0 saturated heterocycles. The molecule has 0 saturated carbocycles. The van der Waals surface area contributed by atoms with E-state index in [1.807, 2.05) is 13.8 Å². The second kappa shape index (κ2) is 15.6. The number of carboxylic acid groups (broad SMARTS) is 2. The first kappa shape index (κ1) is 29.8. The highest BCUT2D eigenvalue weighted by molar-refractivity contribution is 5.78. The summed E-state index contributed by atoms with van der Waals surface area (Å²) < 4.78 is 5.20. The first-order chi connectivity index (χ1) is 15.4. The fourth-order valence-corrected chi connectivity index (χ4v) is 2.35. The van der Waals surface area contributed by atoms with Crippen LogP contribution in [0.4, 0.5) is 0 Å². The number of carbonyl (C=O) groups is 3. The number of carboxylic acids is 2. The molecule has 186 valence electrons. The number of benzene rings is 1. The molecule has 0 heterocycles. The van der Waals surface area contributed by atoms with Crippen LogP contribution in [0.15, 0.2) is 29.3 Å². The van der Waals surface area contributed by atoms with E-state index in [0.717, 1.165) is 12.0 Å². The summed E-state index contributed by atoms with van der Waals surface area (Å²) in [6.45, 7) is 4.27. The van der Waals surface area contributed by atoms with E-state index < -0.39 is 36.0 Å². The van der Waals surface area contributed by atoms with E-state index in [2.05, 4.69) is 4.99 Å². The summed E-state index contributed by atoms with van der Waals surface area (Å²) in [5, 5.41) is 17.1. The lowest BCUT2D eigenvalue weighted by Gasteiger charge is -2.16. The number of rotatable bonds is 12. The fraction of sp³-hybridized carbons (Fsp3) is 0.524. The minimum absolute atomic E-state index is 0.0129. The van der Waals surface area contributed by atoms with Crippen molar-refractivity contribution in [1.82, 2.24) is 0 Å². The molecule has 1 rings (SSSR count). The average Bonchev–Trinajstić information content (AvgIpc) is 2.76. The van der Waals surface area contributed by atoms with E-state index in [9.17, 15) is 14.4 Å². The smallest absolute Gasteiger partial charge is 0.328 e. The summed E-state index contributed by atoms with van der Waals surface area (Å²) >= 11 is 0. The third kappa shape index (κ3) is 13.0. The summed E-state index contributed by atoms with van der Waals surface area (Å²) in [7, 11) is 0.